The highest BCUT2D eigenvalue weighted by Crippen LogP contribution is 2.32. The molecule has 0 spiro atoms. The number of carbonyl (C=O) groups excluding carboxylic acids is 1. The fraction of sp³-hybridized carbons (Fsp3) is 0.290. The Bertz CT molecular complexity index is 1430. The maximum atomic E-state index is 13.6. The van der Waals surface area contributed by atoms with Gasteiger partial charge in [0.15, 0.2) is 0 Å². The van der Waals surface area contributed by atoms with Crippen LogP contribution < -0.4 is 0 Å². The van der Waals surface area contributed by atoms with Gasteiger partial charge in [-0.05, 0) is 43.2 Å². The van der Waals surface area contributed by atoms with Crippen LogP contribution in [-0.4, -0.2) is 53.6 Å². The molecule has 3 aromatic carbocycles. The number of benzene rings is 3. The summed E-state index contributed by atoms with van der Waals surface area (Å²) in [6, 6.07) is 23.6. The molecule has 0 radical (unpaired) electrons. The highest BCUT2D eigenvalue weighted by molar-refractivity contribution is 6.33. The molecule has 6 nitrogen and oxygen atoms in total. The molecule has 0 bridgehead atoms. The Morgan fingerprint density at radius 3 is 2.44 bits per heavy atom. The van der Waals surface area contributed by atoms with E-state index in [0.717, 1.165) is 24.2 Å². The summed E-state index contributed by atoms with van der Waals surface area (Å²) < 4.78 is 11.9. The first-order chi connectivity index (χ1) is 18.9. The Hall–Kier alpha value is -3.16. The van der Waals surface area contributed by atoms with Crippen LogP contribution in [0, 0.1) is 13.8 Å². The quantitative estimate of drug-likeness (QED) is 0.231. The van der Waals surface area contributed by atoms with E-state index in [-0.39, 0.29) is 12.0 Å². The first-order valence-corrected chi connectivity index (χ1v) is 13.8. The average molecular weight is 565 g/mol. The van der Waals surface area contributed by atoms with Crippen molar-refractivity contribution in [1.82, 2.24) is 15.0 Å². The fourth-order valence-corrected chi connectivity index (χ4v) is 5.27. The zero-order valence-corrected chi connectivity index (χ0v) is 23.6. The van der Waals surface area contributed by atoms with E-state index in [4.69, 9.17) is 32.5 Å². The van der Waals surface area contributed by atoms with Gasteiger partial charge in [-0.3, -0.25) is 9.69 Å². The Morgan fingerprint density at radius 2 is 1.72 bits per heavy atom. The summed E-state index contributed by atoms with van der Waals surface area (Å²) in [6.45, 7) is 7.73. The van der Waals surface area contributed by atoms with Crippen LogP contribution in [-0.2, 0) is 11.3 Å². The maximum Gasteiger partial charge on any atom is 0.259 e. The minimum atomic E-state index is -0.128. The summed E-state index contributed by atoms with van der Waals surface area (Å²) in [6.07, 6.45) is -0.128. The number of hydrogen-bond donors (Lipinski definition) is 0. The van der Waals surface area contributed by atoms with Crippen molar-refractivity contribution in [1.29, 1.82) is 0 Å². The first kappa shape index (κ1) is 27.4. The van der Waals surface area contributed by atoms with Crippen LogP contribution in [0.25, 0.3) is 11.3 Å². The smallest absolute Gasteiger partial charge is 0.259 e. The minimum absolute atomic E-state index is 0.0896. The van der Waals surface area contributed by atoms with Crippen LogP contribution in [0.5, 0.6) is 0 Å². The van der Waals surface area contributed by atoms with Crippen molar-refractivity contribution in [2.45, 2.75) is 26.6 Å². The molecule has 8 heteroatoms. The molecule has 1 atom stereocenters. The fourth-order valence-electron chi connectivity index (χ4n) is 4.92. The molecule has 2 heterocycles. The van der Waals surface area contributed by atoms with Gasteiger partial charge >= 0.3 is 0 Å². The molecule has 0 N–H and O–H groups in total. The second-order valence-electron chi connectivity index (χ2n) is 9.88. The van der Waals surface area contributed by atoms with Crippen LogP contribution in [0.2, 0.25) is 10.0 Å². The first-order valence-electron chi connectivity index (χ1n) is 13.0. The lowest BCUT2D eigenvalue weighted by atomic mass is 10.0. The predicted molar refractivity (Wildman–Crippen MR) is 154 cm³/mol. The summed E-state index contributed by atoms with van der Waals surface area (Å²) in [5.74, 6) is 0.401. The Balaban J connectivity index is 1.26. The third-order valence-corrected chi connectivity index (χ3v) is 7.65. The molecule has 1 unspecified atom stereocenters. The van der Waals surface area contributed by atoms with Crippen molar-refractivity contribution >= 4 is 29.1 Å². The van der Waals surface area contributed by atoms with Crippen LogP contribution in [0.1, 0.15) is 38.9 Å². The zero-order valence-electron chi connectivity index (χ0n) is 22.1. The second-order valence-corrected chi connectivity index (χ2v) is 10.7. The number of aromatic nitrogens is 1. The highest BCUT2D eigenvalue weighted by atomic mass is 35.5. The van der Waals surface area contributed by atoms with E-state index < -0.39 is 0 Å². The van der Waals surface area contributed by atoms with Crippen LogP contribution in [0.3, 0.4) is 0 Å². The average Bonchev–Trinajstić information content (AvgIpc) is 3.32. The Morgan fingerprint density at radius 1 is 0.974 bits per heavy atom. The lowest BCUT2D eigenvalue weighted by Crippen LogP contribution is -2.49. The lowest BCUT2D eigenvalue weighted by molar-refractivity contribution is 0.00340. The van der Waals surface area contributed by atoms with E-state index in [9.17, 15) is 4.79 Å². The number of ether oxygens (including phenoxy) is 1. The van der Waals surface area contributed by atoms with Crippen molar-refractivity contribution in [3.05, 3.63) is 111 Å². The summed E-state index contributed by atoms with van der Waals surface area (Å²) in [5, 5.41) is 5.39. The van der Waals surface area contributed by atoms with E-state index in [1.165, 1.54) is 5.56 Å². The maximum absolute atomic E-state index is 13.6. The van der Waals surface area contributed by atoms with E-state index in [0.29, 0.717) is 58.9 Å². The van der Waals surface area contributed by atoms with Crippen molar-refractivity contribution in [3.8, 4) is 11.3 Å². The number of rotatable bonds is 8. The number of nitrogens with zero attached hydrogens (tertiary/aromatic N) is 3. The number of piperazine rings is 1. The second kappa shape index (κ2) is 12.3. The number of carbonyl (C=O) groups is 1. The van der Waals surface area contributed by atoms with Crippen molar-refractivity contribution < 1.29 is 14.1 Å². The Kier molecular flexibility index (Phi) is 8.68. The molecule has 1 fully saturated rings. The molecule has 4 aromatic rings. The van der Waals surface area contributed by atoms with E-state index in [2.05, 4.69) is 41.2 Å². The third-order valence-electron chi connectivity index (χ3n) is 7.06. The molecule has 202 valence electrons. The minimum Gasteiger partial charge on any atom is -0.368 e. The third kappa shape index (κ3) is 6.53. The van der Waals surface area contributed by atoms with Gasteiger partial charge in [0.2, 0.25) is 0 Å². The van der Waals surface area contributed by atoms with Crippen molar-refractivity contribution in [3.63, 3.8) is 0 Å². The molecule has 5 rings (SSSR count). The van der Waals surface area contributed by atoms with Crippen LogP contribution >= 0.6 is 23.2 Å². The molecule has 0 saturated carbocycles. The molecule has 1 amide bonds. The van der Waals surface area contributed by atoms with Gasteiger partial charge in [-0.25, -0.2) is 0 Å². The van der Waals surface area contributed by atoms with Crippen LogP contribution in [0.15, 0.2) is 77.3 Å². The number of halogens is 2. The molecule has 1 aliphatic heterocycles. The zero-order chi connectivity index (χ0) is 27.4. The van der Waals surface area contributed by atoms with Crippen molar-refractivity contribution in [2.75, 3.05) is 32.7 Å². The number of amides is 1. The van der Waals surface area contributed by atoms with Gasteiger partial charge in [0.1, 0.15) is 17.0 Å². The lowest BCUT2D eigenvalue weighted by Gasteiger charge is -2.36. The number of aryl methyl sites for hydroxylation is 2. The molecule has 39 heavy (non-hydrogen) atoms. The van der Waals surface area contributed by atoms with E-state index in [1.807, 2.05) is 47.4 Å². The molecule has 1 aliphatic rings. The highest BCUT2D eigenvalue weighted by Gasteiger charge is 2.30. The van der Waals surface area contributed by atoms with Gasteiger partial charge in [-0.15, -0.1) is 0 Å². The predicted octanol–water partition coefficient (Wildman–Crippen LogP) is 6.98. The van der Waals surface area contributed by atoms with E-state index in [1.54, 1.807) is 13.0 Å². The summed E-state index contributed by atoms with van der Waals surface area (Å²) >= 11 is 12.5. The van der Waals surface area contributed by atoms with Gasteiger partial charge in [-0.1, -0.05) is 88.5 Å². The van der Waals surface area contributed by atoms with Gasteiger partial charge in [0, 0.05) is 43.3 Å². The number of hydrogen-bond acceptors (Lipinski definition) is 5. The Labute approximate surface area is 239 Å². The largest absolute Gasteiger partial charge is 0.368 e. The molecular weight excluding hydrogens is 533 g/mol. The molecule has 1 aromatic heterocycles. The van der Waals surface area contributed by atoms with Gasteiger partial charge in [-0.2, -0.15) is 0 Å². The van der Waals surface area contributed by atoms with E-state index >= 15 is 0 Å². The van der Waals surface area contributed by atoms with Gasteiger partial charge < -0.3 is 14.2 Å². The molecule has 1 saturated heterocycles. The summed E-state index contributed by atoms with van der Waals surface area (Å²) in [4.78, 5) is 17.8. The molecule has 0 aliphatic carbocycles. The normalized spacial score (nSPS) is 14.9. The van der Waals surface area contributed by atoms with Crippen LogP contribution in [0.4, 0.5) is 0 Å². The SMILES string of the molecule is Cc1cccc(COC(CN2CCN(C(=O)c3c(-c4ccccc4Cl)noc3C)CC2)c2ccc(Cl)cc2)c1. The van der Waals surface area contributed by atoms with Gasteiger partial charge in [0.05, 0.1) is 17.7 Å². The summed E-state index contributed by atoms with van der Waals surface area (Å²) in [5.41, 5.74) is 5.07. The molecular formula is C31H31Cl2N3O3. The summed E-state index contributed by atoms with van der Waals surface area (Å²) in [7, 11) is 0. The monoisotopic (exact) mass is 563 g/mol. The van der Waals surface area contributed by atoms with Gasteiger partial charge in [0.25, 0.3) is 5.91 Å². The standard InChI is InChI=1S/C31H31Cl2N3O3/c1-21-6-5-7-23(18-21)20-38-28(24-10-12-25(32)13-11-24)19-35-14-16-36(17-15-35)31(37)29-22(2)39-34-30(29)26-8-3-4-9-27(26)33/h3-13,18,28H,14-17,19-20H2,1-2H3. The topological polar surface area (TPSA) is 58.8 Å². The van der Waals surface area contributed by atoms with Crippen molar-refractivity contribution in [2.24, 2.45) is 0 Å².